The van der Waals surface area contributed by atoms with Gasteiger partial charge in [0.2, 0.25) is 0 Å². The SMILES string of the molecule is CNC(c1csc(C)c1)c1ccc(F)cc1Cl. The maximum Gasteiger partial charge on any atom is 0.124 e. The summed E-state index contributed by atoms with van der Waals surface area (Å²) in [5.41, 5.74) is 2.05. The van der Waals surface area contributed by atoms with Crippen molar-refractivity contribution in [2.75, 3.05) is 7.05 Å². The van der Waals surface area contributed by atoms with Crippen molar-refractivity contribution in [3.63, 3.8) is 0 Å². The lowest BCUT2D eigenvalue weighted by molar-refractivity contribution is 0.623. The third-order valence-electron chi connectivity index (χ3n) is 2.65. The van der Waals surface area contributed by atoms with Crippen LogP contribution >= 0.6 is 22.9 Å². The van der Waals surface area contributed by atoms with Crippen LogP contribution in [0.25, 0.3) is 0 Å². The van der Waals surface area contributed by atoms with E-state index in [1.165, 1.54) is 17.0 Å². The monoisotopic (exact) mass is 269 g/mol. The molecule has 1 aromatic heterocycles. The summed E-state index contributed by atoms with van der Waals surface area (Å²) in [6.45, 7) is 2.06. The van der Waals surface area contributed by atoms with Crippen LogP contribution in [0.5, 0.6) is 0 Å². The van der Waals surface area contributed by atoms with Gasteiger partial charge in [0.15, 0.2) is 0 Å². The van der Waals surface area contributed by atoms with Crippen LogP contribution in [0.1, 0.15) is 22.0 Å². The number of aryl methyl sites for hydroxylation is 1. The number of halogens is 2. The van der Waals surface area contributed by atoms with Gasteiger partial charge in [0.1, 0.15) is 5.82 Å². The summed E-state index contributed by atoms with van der Waals surface area (Å²) in [6.07, 6.45) is 0. The van der Waals surface area contributed by atoms with Crippen molar-refractivity contribution >= 4 is 22.9 Å². The molecule has 1 heterocycles. The molecule has 0 aliphatic heterocycles. The highest BCUT2D eigenvalue weighted by Crippen LogP contribution is 2.30. The Bertz CT molecular complexity index is 524. The number of hydrogen-bond donors (Lipinski definition) is 1. The lowest BCUT2D eigenvalue weighted by Crippen LogP contribution is -2.17. The summed E-state index contributed by atoms with van der Waals surface area (Å²) in [7, 11) is 1.87. The lowest BCUT2D eigenvalue weighted by atomic mass is 10.0. The first kappa shape index (κ1) is 12.6. The summed E-state index contributed by atoms with van der Waals surface area (Å²) >= 11 is 7.78. The average Bonchev–Trinajstić information content (AvgIpc) is 2.69. The Labute approximate surface area is 109 Å². The third-order valence-corrected chi connectivity index (χ3v) is 3.85. The van der Waals surface area contributed by atoms with Crippen molar-refractivity contribution in [1.82, 2.24) is 5.32 Å². The fourth-order valence-electron chi connectivity index (χ4n) is 1.85. The van der Waals surface area contributed by atoms with Crippen molar-refractivity contribution in [2.24, 2.45) is 0 Å². The summed E-state index contributed by atoms with van der Waals surface area (Å²) < 4.78 is 13.0. The normalized spacial score (nSPS) is 12.7. The number of nitrogens with one attached hydrogen (secondary N) is 1. The van der Waals surface area contributed by atoms with Crippen LogP contribution in [0, 0.1) is 12.7 Å². The molecule has 1 unspecified atom stereocenters. The van der Waals surface area contributed by atoms with Crippen molar-refractivity contribution in [2.45, 2.75) is 13.0 Å². The molecule has 2 rings (SSSR count). The van der Waals surface area contributed by atoms with Crippen molar-refractivity contribution < 1.29 is 4.39 Å². The molecule has 0 bridgehead atoms. The molecule has 2 aromatic rings. The van der Waals surface area contributed by atoms with Crippen LogP contribution < -0.4 is 5.32 Å². The zero-order valence-corrected chi connectivity index (χ0v) is 11.2. The highest BCUT2D eigenvalue weighted by molar-refractivity contribution is 7.10. The number of rotatable bonds is 3. The third kappa shape index (κ3) is 2.68. The van der Waals surface area contributed by atoms with Crippen LogP contribution in [0.2, 0.25) is 5.02 Å². The largest absolute Gasteiger partial charge is 0.309 e. The highest BCUT2D eigenvalue weighted by atomic mass is 35.5. The van der Waals surface area contributed by atoms with Gasteiger partial charge in [-0.25, -0.2) is 4.39 Å². The molecular formula is C13H13ClFNS. The molecule has 0 fully saturated rings. The number of benzene rings is 1. The Morgan fingerprint density at radius 3 is 2.65 bits per heavy atom. The molecule has 0 saturated carbocycles. The second kappa shape index (κ2) is 5.17. The topological polar surface area (TPSA) is 12.0 Å². The van der Waals surface area contributed by atoms with E-state index in [0.717, 1.165) is 11.1 Å². The molecule has 4 heteroatoms. The first-order valence-electron chi connectivity index (χ1n) is 5.29. The second-order valence-electron chi connectivity index (χ2n) is 3.88. The average molecular weight is 270 g/mol. The number of hydrogen-bond acceptors (Lipinski definition) is 2. The summed E-state index contributed by atoms with van der Waals surface area (Å²) in [5.74, 6) is -0.310. The maximum absolute atomic E-state index is 13.0. The zero-order valence-electron chi connectivity index (χ0n) is 9.63. The summed E-state index contributed by atoms with van der Waals surface area (Å²) in [5, 5.41) is 5.75. The minimum absolute atomic E-state index is 0.00745. The van der Waals surface area contributed by atoms with Gasteiger partial charge in [0.05, 0.1) is 6.04 Å². The molecule has 0 aliphatic rings. The van der Waals surface area contributed by atoms with Crippen LogP contribution in [-0.2, 0) is 0 Å². The van der Waals surface area contributed by atoms with Crippen molar-refractivity contribution in [3.05, 3.63) is 56.5 Å². The highest BCUT2D eigenvalue weighted by Gasteiger charge is 2.16. The smallest absolute Gasteiger partial charge is 0.124 e. The van der Waals surface area contributed by atoms with Gasteiger partial charge in [-0.2, -0.15) is 0 Å². The molecule has 0 saturated heterocycles. The fraction of sp³-hybridized carbons (Fsp3) is 0.231. The molecule has 90 valence electrons. The molecule has 1 aromatic carbocycles. The predicted molar refractivity (Wildman–Crippen MR) is 71.4 cm³/mol. The van der Waals surface area contributed by atoms with Gasteiger partial charge in [0, 0.05) is 9.90 Å². The minimum Gasteiger partial charge on any atom is -0.309 e. The molecule has 0 aliphatic carbocycles. The minimum atomic E-state index is -0.310. The summed E-state index contributed by atoms with van der Waals surface area (Å²) in [6, 6.07) is 6.64. The van der Waals surface area contributed by atoms with E-state index in [2.05, 4.69) is 23.7 Å². The van der Waals surface area contributed by atoms with Crippen LogP contribution in [0.15, 0.2) is 29.6 Å². The molecule has 1 atom stereocenters. The van der Waals surface area contributed by atoms with Gasteiger partial charge < -0.3 is 5.32 Å². The first-order chi connectivity index (χ1) is 8.11. The van der Waals surface area contributed by atoms with Crippen LogP contribution in [0.3, 0.4) is 0 Å². The van der Waals surface area contributed by atoms with Crippen LogP contribution in [0.4, 0.5) is 4.39 Å². The van der Waals surface area contributed by atoms with Gasteiger partial charge in [-0.05, 0) is 48.7 Å². The van der Waals surface area contributed by atoms with Crippen LogP contribution in [-0.4, -0.2) is 7.05 Å². The molecule has 1 N–H and O–H groups in total. The van der Waals surface area contributed by atoms with E-state index in [9.17, 15) is 4.39 Å². The molecule has 0 spiro atoms. The molecule has 1 nitrogen and oxygen atoms in total. The first-order valence-corrected chi connectivity index (χ1v) is 6.55. The van der Waals surface area contributed by atoms with E-state index < -0.39 is 0 Å². The molecular weight excluding hydrogens is 257 g/mol. The van der Waals surface area contributed by atoms with E-state index in [0.29, 0.717) is 5.02 Å². The van der Waals surface area contributed by atoms with Gasteiger partial charge >= 0.3 is 0 Å². The fourth-order valence-corrected chi connectivity index (χ4v) is 2.86. The van der Waals surface area contributed by atoms with E-state index in [4.69, 9.17) is 11.6 Å². The van der Waals surface area contributed by atoms with Gasteiger partial charge in [-0.1, -0.05) is 17.7 Å². The Morgan fingerprint density at radius 1 is 1.35 bits per heavy atom. The van der Waals surface area contributed by atoms with E-state index in [-0.39, 0.29) is 11.9 Å². The Hall–Kier alpha value is -0.900. The van der Waals surface area contributed by atoms with E-state index >= 15 is 0 Å². The summed E-state index contributed by atoms with van der Waals surface area (Å²) in [4.78, 5) is 1.25. The maximum atomic E-state index is 13.0. The zero-order chi connectivity index (χ0) is 12.4. The van der Waals surface area contributed by atoms with Crippen molar-refractivity contribution in [3.8, 4) is 0 Å². The van der Waals surface area contributed by atoms with Gasteiger partial charge in [-0.15, -0.1) is 11.3 Å². The van der Waals surface area contributed by atoms with Crippen molar-refractivity contribution in [1.29, 1.82) is 0 Å². The second-order valence-corrected chi connectivity index (χ2v) is 5.40. The Balaban J connectivity index is 2.42. The predicted octanol–water partition coefficient (Wildman–Crippen LogP) is 4.16. The number of thiophene rings is 1. The molecule has 0 radical (unpaired) electrons. The standard InChI is InChI=1S/C13H13ClFNS/c1-8-5-9(7-17-8)13(16-2)11-4-3-10(15)6-12(11)14/h3-7,13,16H,1-2H3. The quantitative estimate of drug-likeness (QED) is 0.882. The van der Waals surface area contributed by atoms with Gasteiger partial charge in [-0.3, -0.25) is 0 Å². The lowest BCUT2D eigenvalue weighted by Gasteiger charge is -2.17. The van der Waals surface area contributed by atoms with E-state index in [1.54, 1.807) is 17.4 Å². The molecule has 17 heavy (non-hydrogen) atoms. The molecule has 0 amide bonds. The Morgan fingerprint density at radius 2 is 2.12 bits per heavy atom. The van der Waals surface area contributed by atoms with Gasteiger partial charge in [0.25, 0.3) is 0 Å². The Kier molecular flexibility index (Phi) is 3.82. The van der Waals surface area contributed by atoms with E-state index in [1.807, 2.05) is 7.05 Å².